The largest absolute Gasteiger partial charge is 0.506 e. The van der Waals surface area contributed by atoms with Crippen molar-refractivity contribution in [2.75, 3.05) is 6.61 Å². The van der Waals surface area contributed by atoms with Crippen LogP contribution in [-0.2, 0) is 4.79 Å². The van der Waals surface area contributed by atoms with Crippen LogP contribution in [0.4, 0.5) is 0 Å². The van der Waals surface area contributed by atoms with E-state index in [2.05, 4.69) is 10.5 Å². The Morgan fingerprint density at radius 1 is 1.04 bits per heavy atom. The number of phenolic OH excluding ortho intramolecular Hbond substituents is 1. The highest BCUT2D eigenvalue weighted by atomic mass is 35.5. The molecule has 0 fully saturated rings. The zero-order valence-corrected chi connectivity index (χ0v) is 16.1. The molecule has 0 saturated heterocycles. The van der Waals surface area contributed by atoms with E-state index in [9.17, 15) is 9.90 Å². The maximum Gasteiger partial charge on any atom is 0.277 e. The zero-order chi connectivity index (χ0) is 19.9. The highest BCUT2D eigenvalue weighted by Gasteiger charge is 2.07. The first-order valence-corrected chi connectivity index (χ1v) is 9.07. The molecule has 5 nitrogen and oxygen atoms in total. The molecule has 0 radical (unpaired) electrons. The second-order valence-electron chi connectivity index (χ2n) is 5.80. The average Bonchev–Trinajstić information content (AvgIpc) is 2.71. The SMILES string of the molecule is O=C(COc1ccc(-c2ccccc2)cc1)NN=Cc1cc(Cl)cc(Cl)c1O. The van der Waals surface area contributed by atoms with Crippen LogP contribution < -0.4 is 10.2 Å². The molecule has 142 valence electrons. The van der Waals surface area contributed by atoms with Crippen molar-refractivity contribution < 1.29 is 14.6 Å². The molecule has 0 aliphatic heterocycles. The van der Waals surface area contributed by atoms with Crippen molar-refractivity contribution in [3.05, 3.63) is 82.3 Å². The number of carbonyl (C=O) groups is 1. The van der Waals surface area contributed by atoms with E-state index in [0.717, 1.165) is 11.1 Å². The Morgan fingerprint density at radius 2 is 1.71 bits per heavy atom. The van der Waals surface area contributed by atoms with Crippen LogP contribution in [0.3, 0.4) is 0 Å². The monoisotopic (exact) mass is 414 g/mol. The number of hydrazone groups is 1. The summed E-state index contributed by atoms with van der Waals surface area (Å²) in [6.45, 7) is -0.204. The Hall–Kier alpha value is -3.02. The number of amides is 1. The lowest BCUT2D eigenvalue weighted by molar-refractivity contribution is -0.123. The third-order valence-electron chi connectivity index (χ3n) is 3.78. The number of ether oxygens (including phenoxy) is 1. The standard InChI is InChI=1S/C21H16Cl2N2O3/c22-17-10-16(21(27)19(23)11-17)12-24-25-20(26)13-28-18-8-6-15(7-9-18)14-4-2-1-3-5-14/h1-12,27H,13H2,(H,25,26). The van der Waals surface area contributed by atoms with Gasteiger partial charge in [-0.1, -0.05) is 65.7 Å². The normalized spacial score (nSPS) is 10.8. The number of benzene rings is 3. The van der Waals surface area contributed by atoms with Crippen LogP contribution in [0.25, 0.3) is 11.1 Å². The number of halogens is 2. The molecule has 0 heterocycles. The number of carbonyl (C=O) groups excluding carboxylic acids is 1. The van der Waals surface area contributed by atoms with E-state index >= 15 is 0 Å². The Morgan fingerprint density at radius 3 is 2.43 bits per heavy atom. The maximum atomic E-state index is 11.8. The molecule has 2 N–H and O–H groups in total. The van der Waals surface area contributed by atoms with Gasteiger partial charge in [-0.05, 0) is 35.4 Å². The van der Waals surface area contributed by atoms with Gasteiger partial charge in [0.1, 0.15) is 11.5 Å². The fourth-order valence-corrected chi connectivity index (χ4v) is 2.92. The predicted octanol–water partition coefficient (Wildman–Crippen LogP) is 4.90. The van der Waals surface area contributed by atoms with Crippen molar-refractivity contribution in [1.82, 2.24) is 5.43 Å². The lowest BCUT2D eigenvalue weighted by atomic mass is 10.1. The van der Waals surface area contributed by atoms with Gasteiger partial charge >= 0.3 is 0 Å². The van der Waals surface area contributed by atoms with Crippen LogP contribution in [0.2, 0.25) is 10.0 Å². The van der Waals surface area contributed by atoms with E-state index in [1.807, 2.05) is 42.5 Å². The lowest BCUT2D eigenvalue weighted by Crippen LogP contribution is -2.24. The fraction of sp³-hybridized carbons (Fsp3) is 0.0476. The van der Waals surface area contributed by atoms with Crippen molar-refractivity contribution in [3.63, 3.8) is 0 Å². The van der Waals surface area contributed by atoms with Crippen molar-refractivity contribution in [1.29, 1.82) is 0 Å². The summed E-state index contributed by atoms with van der Waals surface area (Å²) in [5.41, 5.74) is 4.76. The molecule has 0 aromatic heterocycles. The van der Waals surface area contributed by atoms with Crippen LogP contribution in [-0.4, -0.2) is 23.8 Å². The van der Waals surface area contributed by atoms with E-state index in [1.54, 1.807) is 12.1 Å². The molecule has 0 aliphatic rings. The van der Waals surface area contributed by atoms with Gasteiger partial charge in [0.05, 0.1) is 11.2 Å². The molecule has 0 aliphatic carbocycles. The Bertz CT molecular complexity index is 991. The lowest BCUT2D eigenvalue weighted by Gasteiger charge is -2.07. The number of hydrogen-bond acceptors (Lipinski definition) is 4. The average molecular weight is 415 g/mol. The number of hydrogen-bond donors (Lipinski definition) is 2. The molecule has 0 saturated carbocycles. The topological polar surface area (TPSA) is 70.9 Å². The van der Waals surface area contributed by atoms with E-state index in [1.165, 1.54) is 18.3 Å². The Kier molecular flexibility index (Phi) is 6.53. The number of rotatable bonds is 6. The van der Waals surface area contributed by atoms with Crippen LogP contribution in [0, 0.1) is 0 Å². The van der Waals surface area contributed by atoms with E-state index in [0.29, 0.717) is 10.8 Å². The van der Waals surface area contributed by atoms with Gasteiger partial charge in [-0.15, -0.1) is 0 Å². The first-order chi connectivity index (χ1) is 13.5. The van der Waals surface area contributed by atoms with Gasteiger partial charge in [-0.25, -0.2) is 5.43 Å². The molecule has 0 spiro atoms. The van der Waals surface area contributed by atoms with Crippen LogP contribution in [0.1, 0.15) is 5.56 Å². The van der Waals surface area contributed by atoms with Gasteiger partial charge in [-0.2, -0.15) is 5.10 Å². The van der Waals surface area contributed by atoms with Crippen LogP contribution in [0.15, 0.2) is 71.8 Å². The molecular weight excluding hydrogens is 399 g/mol. The van der Waals surface area contributed by atoms with Gasteiger partial charge in [0.2, 0.25) is 0 Å². The molecule has 28 heavy (non-hydrogen) atoms. The van der Waals surface area contributed by atoms with Crippen molar-refractivity contribution in [2.45, 2.75) is 0 Å². The number of aromatic hydroxyl groups is 1. The summed E-state index contributed by atoms with van der Waals surface area (Å²) < 4.78 is 5.45. The minimum absolute atomic E-state index is 0.0996. The Labute approximate surface area is 172 Å². The smallest absolute Gasteiger partial charge is 0.277 e. The second kappa shape index (κ2) is 9.26. The Balaban J connectivity index is 1.52. The van der Waals surface area contributed by atoms with E-state index in [-0.39, 0.29) is 22.9 Å². The number of phenols is 1. The third-order valence-corrected chi connectivity index (χ3v) is 4.29. The predicted molar refractivity (Wildman–Crippen MR) is 111 cm³/mol. The quantitative estimate of drug-likeness (QED) is 0.445. The molecule has 0 unspecified atom stereocenters. The summed E-state index contributed by atoms with van der Waals surface area (Å²) in [5, 5.41) is 14.0. The number of nitrogens with zero attached hydrogens (tertiary/aromatic N) is 1. The van der Waals surface area contributed by atoms with Gasteiger partial charge in [0.15, 0.2) is 6.61 Å². The van der Waals surface area contributed by atoms with E-state index in [4.69, 9.17) is 27.9 Å². The number of nitrogens with one attached hydrogen (secondary N) is 1. The summed E-state index contributed by atoms with van der Waals surface area (Å²) in [6.07, 6.45) is 1.25. The summed E-state index contributed by atoms with van der Waals surface area (Å²) in [7, 11) is 0. The van der Waals surface area contributed by atoms with Gasteiger partial charge in [-0.3, -0.25) is 4.79 Å². The minimum Gasteiger partial charge on any atom is -0.506 e. The fourth-order valence-electron chi connectivity index (χ4n) is 2.41. The zero-order valence-electron chi connectivity index (χ0n) is 14.6. The maximum absolute atomic E-state index is 11.8. The summed E-state index contributed by atoms with van der Waals surface area (Å²) in [4.78, 5) is 11.8. The minimum atomic E-state index is -0.448. The van der Waals surface area contributed by atoms with Gasteiger partial charge in [0, 0.05) is 10.6 Å². The highest BCUT2D eigenvalue weighted by molar-refractivity contribution is 6.36. The van der Waals surface area contributed by atoms with Gasteiger partial charge < -0.3 is 9.84 Å². The summed E-state index contributed by atoms with van der Waals surface area (Å²) in [5.74, 6) is -0.0482. The van der Waals surface area contributed by atoms with E-state index < -0.39 is 5.91 Å². The molecule has 0 atom stereocenters. The third kappa shape index (κ3) is 5.25. The first kappa shape index (κ1) is 19.7. The second-order valence-corrected chi connectivity index (χ2v) is 6.64. The molecule has 0 bridgehead atoms. The molecule has 3 aromatic carbocycles. The molecule has 3 aromatic rings. The van der Waals surface area contributed by atoms with Crippen molar-refractivity contribution in [3.8, 4) is 22.6 Å². The van der Waals surface area contributed by atoms with Crippen LogP contribution >= 0.6 is 23.2 Å². The summed E-state index contributed by atoms with van der Waals surface area (Å²) in [6, 6.07) is 20.3. The highest BCUT2D eigenvalue weighted by Crippen LogP contribution is 2.29. The molecular formula is C21H16Cl2N2O3. The molecule has 7 heteroatoms. The summed E-state index contributed by atoms with van der Waals surface area (Å²) >= 11 is 11.7. The molecule has 1 amide bonds. The van der Waals surface area contributed by atoms with Crippen molar-refractivity contribution >= 4 is 35.3 Å². The van der Waals surface area contributed by atoms with Crippen molar-refractivity contribution in [2.24, 2.45) is 5.10 Å². The first-order valence-electron chi connectivity index (χ1n) is 8.31. The van der Waals surface area contributed by atoms with Crippen LogP contribution in [0.5, 0.6) is 11.5 Å². The van der Waals surface area contributed by atoms with Gasteiger partial charge in [0.25, 0.3) is 5.91 Å². The molecule has 3 rings (SSSR count).